The fourth-order valence-electron chi connectivity index (χ4n) is 1.57. The molecule has 1 aromatic rings. The average Bonchev–Trinajstić information content (AvgIpc) is 1.99. The second kappa shape index (κ2) is 3.80. The van der Waals surface area contributed by atoms with Crippen molar-refractivity contribution >= 4 is 19.7 Å². The second-order valence-electron chi connectivity index (χ2n) is 4.64. The van der Waals surface area contributed by atoms with Crippen molar-refractivity contribution in [1.82, 2.24) is 0 Å². The van der Waals surface area contributed by atoms with Crippen LogP contribution in [0.15, 0.2) is 23.1 Å². The van der Waals surface area contributed by atoms with E-state index in [4.69, 9.17) is 10.7 Å². The lowest BCUT2D eigenvalue weighted by atomic mass is 9.86. The van der Waals surface area contributed by atoms with Crippen molar-refractivity contribution in [3.05, 3.63) is 29.3 Å². The molecule has 0 fully saturated rings. The largest absolute Gasteiger partial charge is 0.261 e. The van der Waals surface area contributed by atoms with Gasteiger partial charge in [-0.15, -0.1) is 0 Å². The van der Waals surface area contributed by atoms with Gasteiger partial charge in [-0.25, -0.2) is 8.42 Å². The van der Waals surface area contributed by atoms with Crippen LogP contribution in [0.1, 0.15) is 31.9 Å². The van der Waals surface area contributed by atoms with E-state index >= 15 is 0 Å². The molecule has 0 unspecified atom stereocenters. The van der Waals surface area contributed by atoms with Crippen molar-refractivity contribution in [2.75, 3.05) is 0 Å². The second-order valence-corrected chi connectivity index (χ2v) is 7.14. The minimum Gasteiger partial charge on any atom is -0.207 e. The van der Waals surface area contributed by atoms with Gasteiger partial charge in [0.05, 0.1) is 4.90 Å². The first-order valence-electron chi connectivity index (χ1n) is 4.69. The number of benzene rings is 1. The maximum Gasteiger partial charge on any atom is 0.261 e. The summed E-state index contributed by atoms with van der Waals surface area (Å²) in [5.41, 5.74) is 1.22. The summed E-state index contributed by atoms with van der Waals surface area (Å²) in [5.74, 6) is 0. The molecule has 15 heavy (non-hydrogen) atoms. The van der Waals surface area contributed by atoms with Gasteiger partial charge in [-0.1, -0.05) is 39.0 Å². The van der Waals surface area contributed by atoms with Gasteiger partial charge in [0, 0.05) is 10.7 Å². The number of halogens is 1. The summed E-state index contributed by atoms with van der Waals surface area (Å²) in [7, 11) is 1.77. The minimum absolute atomic E-state index is 0.233. The van der Waals surface area contributed by atoms with Gasteiger partial charge in [-0.2, -0.15) is 0 Å². The Balaban J connectivity index is 3.63. The summed E-state index contributed by atoms with van der Waals surface area (Å²) in [4.78, 5) is 0.249. The normalized spacial score (nSPS) is 12.9. The molecule has 0 aliphatic heterocycles. The number of aryl methyl sites for hydroxylation is 1. The highest BCUT2D eigenvalue weighted by Gasteiger charge is 2.25. The summed E-state index contributed by atoms with van der Waals surface area (Å²) >= 11 is 0. The van der Waals surface area contributed by atoms with E-state index in [0.717, 1.165) is 5.56 Å². The number of hydrogen-bond donors (Lipinski definition) is 0. The van der Waals surface area contributed by atoms with Gasteiger partial charge in [-0.05, 0) is 23.5 Å². The van der Waals surface area contributed by atoms with E-state index in [1.165, 1.54) is 0 Å². The topological polar surface area (TPSA) is 34.1 Å². The van der Waals surface area contributed by atoms with Crippen LogP contribution in [0.5, 0.6) is 0 Å². The Morgan fingerprint density at radius 1 is 1.20 bits per heavy atom. The molecule has 0 spiro atoms. The Labute approximate surface area is 95.7 Å². The first-order valence-corrected chi connectivity index (χ1v) is 7.00. The SMILES string of the molecule is Cc1cccc(C(C)(C)C)c1S(=O)(=O)Cl. The van der Waals surface area contributed by atoms with Crippen molar-refractivity contribution in [3.63, 3.8) is 0 Å². The van der Waals surface area contributed by atoms with Gasteiger partial charge in [0.25, 0.3) is 9.05 Å². The highest BCUT2D eigenvalue weighted by Crippen LogP contribution is 2.32. The summed E-state index contributed by atoms with van der Waals surface area (Å²) < 4.78 is 23.0. The van der Waals surface area contributed by atoms with Crippen LogP contribution >= 0.6 is 10.7 Å². The maximum atomic E-state index is 11.5. The standard InChI is InChI=1S/C11H15ClO2S/c1-8-6-5-7-9(11(2,3)4)10(8)15(12,13)14/h5-7H,1-4H3. The summed E-state index contributed by atoms with van der Waals surface area (Å²) in [6.45, 7) is 7.65. The summed E-state index contributed by atoms with van der Waals surface area (Å²) in [5, 5.41) is 0. The first kappa shape index (κ1) is 12.5. The molecule has 0 aromatic heterocycles. The highest BCUT2D eigenvalue weighted by molar-refractivity contribution is 8.13. The summed E-state index contributed by atoms with van der Waals surface area (Å²) in [6, 6.07) is 5.41. The van der Waals surface area contributed by atoms with E-state index < -0.39 is 9.05 Å². The quantitative estimate of drug-likeness (QED) is 0.713. The van der Waals surface area contributed by atoms with E-state index in [0.29, 0.717) is 5.56 Å². The van der Waals surface area contributed by atoms with Gasteiger partial charge < -0.3 is 0 Å². The molecule has 0 atom stereocenters. The average molecular weight is 247 g/mol. The Hall–Kier alpha value is -0.540. The van der Waals surface area contributed by atoms with Crippen LogP contribution in [0, 0.1) is 6.92 Å². The zero-order chi connectivity index (χ0) is 11.9. The molecule has 2 nitrogen and oxygen atoms in total. The molecule has 4 heteroatoms. The van der Waals surface area contributed by atoms with Gasteiger partial charge in [-0.3, -0.25) is 0 Å². The lowest BCUT2D eigenvalue weighted by molar-refractivity contribution is 0.565. The molecule has 0 saturated carbocycles. The highest BCUT2D eigenvalue weighted by atomic mass is 35.7. The molecular weight excluding hydrogens is 232 g/mol. The van der Waals surface area contributed by atoms with Gasteiger partial charge in [0.15, 0.2) is 0 Å². The molecule has 0 heterocycles. The Morgan fingerprint density at radius 3 is 2.07 bits per heavy atom. The monoisotopic (exact) mass is 246 g/mol. The molecule has 0 amide bonds. The van der Waals surface area contributed by atoms with Crippen molar-refractivity contribution in [2.24, 2.45) is 0 Å². The van der Waals surface area contributed by atoms with E-state index in [1.54, 1.807) is 13.0 Å². The van der Waals surface area contributed by atoms with Gasteiger partial charge >= 0.3 is 0 Å². The van der Waals surface area contributed by atoms with Crippen LogP contribution in [-0.2, 0) is 14.5 Å². The Bertz CT molecular complexity index is 470. The Kier molecular flexibility index (Phi) is 3.17. The molecule has 0 aliphatic carbocycles. The molecule has 0 saturated heterocycles. The molecule has 0 radical (unpaired) electrons. The predicted octanol–water partition coefficient (Wildman–Crippen LogP) is 3.22. The zero-order valence-electron chi connectivity index (χ0n) is 9.33. The number of hydrogen-bond acceptors (Lipinski definition) is 2. The third-order valence-electron chi connectivity index (χ3n) is 2.26. The van der Waals surface area contributed by atoms with Crippen molar-refractivity contribution in [1.29, 1.82) is 0 Å². The number of rotatable bonds is 1. The lowest BCUT2D eigenvalue weighted by Gasteiger charge is -2.22. The molecule has 1 aromatic carbocycles. The fraction of sp³-hybridized carbons (Fsp3) is 0.455. The van der Waals surface area contributed by atoms with E-state index in [-0.39, 0.29) is 10.3 Å². The predicted molar refractivity (Wildman–Crippen MR) is 62.9 cm³/mol. The smallest absolute Gasteiger partial charge is 0.207 e. The van der Waals surface area contributed by atoms with Crippen LogP contribution in [0.25, 0.3) is 0 Å². The maximum absolute atomic E-state index is 11.5. The third kappa shape index (κ3) is 2.73. The fourth-order valence-corrected chi connectivity index (χ4v) is 3.27. The Morgan fingerprint density at radius 2 is 1.73 bits per heavy atom. The van der Waals surface area contributed by atoms with E-state index in [9.17, 15) is 8.42 Å². The first-order chi connectivity index (χ1) is 6.64. The zero-order valence-corrected chi connectivity index (χ0v) is 10.9. The third-order valence-corrected chi connectivity index (χ3v) is 3.76. The van der Waals surface area contributed by atoms with Gasteiger partial charge in [0.2, 0.25) is 0 Å². The van der Waals surface area contributed by atoms with Crippen molar-refractivity contribution in [3.8, 4) is 0 Å². The van der Waals surface area contributed by atoms with Crippen LogP contribution in [-0.4, -0.2) is 8.42 Å². The van der Waals surface area contributed by atoms with E-state index in [2.05, 4.69) is 0 Å². The van der Waals surface area contributed by atoms with Crippen LogP contribution in [0.2, 0.25) is 0 Å². The molecule has 0 N–H and O–H groups in total. The van der Waals surface area contributed by atoms with Crippen molar-refractivity contribution in [2.45, 2.75) is 38.0 Å². The van der Waals surface area contributed by atoms with E-state index in [1.807, 2.05) is 32.9 Å². The van der Waals surface area contributed by atoms with Crippen molar-refractivity contribution < 1.29 is 8.42 Å². The van der Waals surface area contributed by atoms with Crippen LogP contribution in [0.4, 0.5) is 0 Å². The molecule has 0 aliphatic rings. The lowest BCUT2D eigenvalue weighted by Crippen LogP contribution is -2.16. The van der Waals surface area contributed by atoms with Gasteiger partial charge in [0.1, 0.15) is 0 Å². The van der Waals surface area contributed by atoms with Crippen LogP contribution in [0.3, 0.4) is 0 Å². The molecule has 0 bridgehead atoms. The molecule has 1 rings (SSSR count). The molecule has 84 valence electrons. The van der Waals surface area contributed by atoms with Crippen LogP contribution < -0.4 is 0 Å². The summed E-state index contributed by atoms with van der Waals surface area (Å²) in [6.07, 6.45) is 0. The molecular formula is C11H15ClO2S. The minimum atomic E-state index is -3.68.